The number of hydrogen-bond acceptors (Lipinski definition) is 6. The zero-order valence-electron chi connectivity index (χ0n) is 14.2. The average molecular weight is 336 g/mol. The van der Waals surface area contributed by atoms with Gasteiger partial charge in [-0.25, -0.2) is 9.97 Å². The first kappa shape index (κ1) is 15.7. The highest BCUT2D eigenvalue weighted by molar-refractivity contribution is 5.77. The summed E-state index contributed by atoms with van der Waals surface area (Å²) >= 11 is 0. The van der Waals surface area contributed by atoms with Crippen LogP contribution in [0.2, 0.25) is 0 Å². The molecule has 1 aliphatic rings. The summed E-state index contributed by atoms with van der Waals surface area (Å²) < 4.78 is 1.64. The molecule has 1 aliphatic heterocycles. The molecule has 3 aromatic heterocycles. The van der Waals surface area contributed by atoms with E-state index in [9.17, 15) is 4.79 Å². The molecule has 0 bridgehead atoms. The summed E-state index contributed by atoms with van der Waals surface area (Å²) in [7, 11) is 2.11. The molecule has 3 aromatic rings. The van der Waals surface area contributed by atoms with Crippen LogP contribution in [-0.2, 0) is 6.54 Å². The summed E-state index contributed by atoms with van der Waals surface area (Å²) in [6.07, 6.45) is 5.15. The van der Waals surface area contributed by atoms with Crippen molar-refractivity contribution in [2.24, 2.45) is 0 Å². The van der Waals surface area contributed by atoms with Crippen LogP contribution in [0.25, 0.3) is 10.9 Å². The van der Waals surface area contributed by atoms with Crippen molar-refractivity contribution in [2.45, 2.75) is 6.54 Å². The molecule has 7 heteroatoms. The Labute approximate surface area is 145 Å². The Balaban J connectivity index is 1.64. The number of piperazine rings is 1. The van der Waals surface area contributed by atoms with E-state index in [1.807, 2.05) is 24.3 Å². The molecule has 4 rings (SSSR count). The zero-order chi connectivity index (χ0) is 17.2. The van der Waals surface area contributed by atoms with Crippen molar-refractivity contribution in [2.75, 3.05) is 38.1 Å². The number of anilines is 1. The Bertz CT molecular complexity index is 931. The van der Waals surface area contributed by atoms with E-state index in [4.69, 9.17) is 0 Å². The molecule has 128 valence electrons. The van der Waals surface area contributed by atoms with Gasteiger partial charge in [-0.1, -0.05) is 6.07 Å². The first-order chi connectivity index (χ1) is 12.2. The van der Waals surface area contributed by atoms with Gasteiger partial charge >= 0.3 is 0 Å². The molecule has 1 saturated heterocycles. The third kappa shape index (κ3) is 3.23. The predicted octanol–water partition coefficient (Wildman–Crippen LogP) is 0.987. The third-order valence-corrected chi connectivity index (χ3v) is 4.55. The van der Waals surface area contributed by atoms with E-state index in [-0.39, 0.29) is 5.56 Å². The fraction of sp³-hybridized carbons (Fsp3) is 0.333. The molecule has 0 saturated carbocycles. The van der Waals surface area contributed by atoms with Gasteiger partial charge in [-0.3, -0.25) is 9.78 Å². The number of nitrogens with zero attached hydrogens (tertiary/aromatic N) is 6. The molecule has 7 nitrogen and oxygen atoms in total. The van der Waals surface area contributed by atoms with Crippen LogP contribution in [0.15, 0.2) is 47.7 Å². The van der Waals surface area contributed by atoms with Crippen LogP contribution in [0.5, 0.6) is 0 Å². The standard InChI is InChI=1S/C18H20N6O/c1-22-8-10-23(11-9-22)18-20-12-15-16(21-18)5-7-24(17(15)25)13-14-4-2-3-6-19-14/h2-7,12H,8-11,13H2,1H3. The Hall–Kier alpha value is -2.80. The normalized spacial score (nSPS) is 15.6. The maximum atomic E-state index is 12.7. The molecular formula is C18H20N6O. The minimum absolute atomic E-state index is 0.0897. The molecule has 25 heavy (non-hydrogen) atoms. The van der Waals surface area contributed by atoms with Crippen LogP contribution >= 0.6 is 0 Å². The van der Waals surface area contributed by atoms with Gasteiger partial charge in [-0.2, -0.15) is 0 Å². The number of hydrogen-bond donors (Lipinski definition) is 0. The fourth-order valence-corrected chi connectivity index (χ4v) is 3.01. The molecule has 1 fully saturated rings. The number of pyridine rings is 2. The van der Waals surface area contributed by atoms with E-state index in [1.165, 1.54) is 0 Å². The van der Waals surface area contributed by atoms with Gasteiger partial charge in [0, 0.05) is 44.8 Å². The topological polar surface area (TPSA) is 67.2 Å². The summed E-state index contributed by atoms with van der Waals surface area (Å²) in [5.74, 6) is 0.697. The van der Waals surface area contributed by atoms with Crippen molar-refractivity contribution in [3.63, 3.8) is 0 Å². The van der Waals surface area contributed by atoms with E-state index in [2.05, 4.69) is 31.8 Å². The lowest BCUT2D eigenvalue weighted by atomic mass is 10.3. The molecule has 0 spiro atoms. The smallest absolute Gasteiger partial charge is 0.261 e. The van der Waals surface area contributed by atoms with Crippen LogP contribution in [0.4, 0.5) is 5.95 Å². The minimum atomic E-state index is -0.0897. The minimum Gasteiger partial charge on any atom is -0.338 e. The van der Waals surface area contributed by atoms with E-state index >= 15 is 0 Å². The Morgan fingerprint density at radius 1 is 1.08 bits per heavy atom. The Morgan fingerprint density at radius 2 is 1.92 bits per heavy atom. The molecule has 0 aromatic carbocycles. The van der Waals surface area contributed by atoms with Gasteiger partial charge in [-0.15, -0.1) is 0 Å². The summed E-state index contributed by atoms with van der Waals surface area (Å²) in [4.78, 5) is 30.5. The molecule has 0 aliphatic carbocycles. The van der Waals surface area contributed by atoms with Crippen molar-refractivity contribution in [1.82, 2.24) is 24.4 Å². The van der Waals surface area contributed by atoms with Crippen LogP contribution in [0.3, 0.4) is 0 Å². The maximum absolute atomic E-state index is 12.7. The molecule has 0 unspecified atom stereocenters. The SMILES string of the molecule is CN1CCN(c2ncc3c(=O)n(Cc4ccccn4)ccc3n2)CC1. The van der Waals surface area contributed by atoms with Gasteiger partial charge in [-0.05, 0) is 25.2 Å². The lowest BCUT2D eigenvalue weighted by molar-refractivity contribution is 0.311. The second-order valence-corrected chi connectivity index (χ2v) is 6.33. The lowest BCUT2D eigenvalue weighted by Crippen LogP contribution is -2.45. The molecular weight excluding hydrogens is 316 g/mol. The summed E-state index contributed by atoms with van der Waals surface area (Å²) in [6.45, 7) is 4.23. The van der Waals surface area contributed by atoms with Gasteiger partial charge < -0.3 is 14.4 Å². The van der Waals surface area contributed by atoms with Crippen LogP contribution < -0.4 is 10.5 Å². The van der Waals surface area contributed by atoms with E-state index in [1.54, 1.807) is 23.2 Å². The highest BCUT2D eigenvalue weighted by Gasteiger charge is 2.17. The van der Waals surface area contributed by atoms with E-state index in [0.717, 1.165) is 31.9 Å². The maximum Gasteiger partial charge on any atom is 0.261 e. The number of aromatic nitrogens is 4. The Kier molecular flexibility index (Phi) is 4.15. The summed E-state index contributed by atoms with van der Waals surface area (Å²) in [5.41, 5.74) is 1.44. The van der Waals surface area contributed by atoms with Gasteiger partial charge in [0.15, 0.2) is 0 Å². The lowest BCUT2D eigenvalue weighted by Gasteiger charge is -2.32. The van der Waals surface area contributed by atoms with Gasteiger partial charge in [0.1, 0.15) is 0 Å². The van der Waals surface area contributed by atoms with Gasteiger partial charge in [0.2, 0.25) is 5.95 Å². The molecule has 0 amide bonds. The van der Waals surface area contributed by atoms with Crippen LogP contribution in [-0.4, -0.2) is 57.6 Å². The first-order valence-electron chi connectivity index (χ1n) is 8.40. The average Bonchev–Trinajstić information content (AvgIpc) is 2.65. The predicted molar refractivity (Wildman–Crippen MR) is 96.8 cm³/mol. The van der Waals surface area contributed by atoms with Crippen molar-refractivity contribution in [3.05, 3.63) is 58.9 Å². The van der Waals surface area contributed by atoms with Crippen molar-refractivity contribution in [1.29, 1.82) is 0 Å². The highest BCUT2D eigenvalue weighted by Crippen LogP contribution is 2.14. The number of fused-ring (bicyclic) bond motifs is 1. The van der Waals surface area contributed by atoms with Gasteiger partial charge in [0.05, 0.1) is 23.1 Å². The number of likely N-dealkylation sites (N-methyl/N-ethyl adjacent to an activating group) is 1. The quantitative estimate of drug-likeness (QED) is 0.710. The zero-order valence-corrected chi connectivity index (χ0v) is 14.2. The Morgan fingerprint density at radius 3 is 2.68 bits per heavy atom. The molecule has 0 atom stereocenters. The highest BCUT2D eigenvalue weighted by atomic mass is 16.1. The van der Waals surface area contributed by atoms with Crippen molar-refractivity contribution in [3.8, 4) is 0 Å². The molecule has 0 N–H and O–H groups in total. The monoisotopic (exact) mass is 336 g/mol. The van der Waals surface area contributed by atoms with Crippen molar-refractivity contribution < 1.29 is 0 Å². The first-order valence-corrected chi connectivity index (χ1v) is 8.40. The molecule has 0 radical (unpaired) electrons. The third-order valence-electron chi connectivity index (χ3n) is 4.55. The fourth-order valence-electron chi connectivity index (χ4n) is 3.01. The summed E-state index contributed by atoms with van der Waals surface area (Å²) in [5, 5.41) is 0.538. The van der Waals surface area contributed by atoms with Crippen LogP contribution in [0, 0.1) is 0 Å². The summed E-state index contributed by atoms with van der Waals surface area (Å²) in [6, 6.07) is 7.56. The van der Waals surface area contributed by atoms with E-state index in [0.29, 0.717) is 23.4 Å². The second-order valence-electron chi connectivity index (χ2n) is 6.33. The number of rotatable bonds is 3. The van der Waals surface area contributed by atoms with Crippen molar-refractivity contribution >= 4 is 16.9 Å². The van der Waals surface area contributed by atoms with Crippen LogP contribution in [0.1, 0.15) is 5.69 Å². The van der Waals surface area contributed by atoms with Gasteiger partial charge in [0.25, 0.3) is 5.56 Å². The second kappa shape index (κ2) is 6.60. The van der Waals surface area contributed by atoms with E-state index < -0.39 is 0 Å². The largest absolute Gasteiger partial charge is 0.338 e. The molecule has 4 heterocycles.